The first-order chi connectivity index (χ1) is 12.3. The fraction of sp³-hybridized carbons (Fsp3) is 0.565. The van der Waals surface area contributed by atoms with E-state index in [0.717, 1.165) is 36.1 Å². The summed E-state index contributed by atoms with van der Waals surface area (Å²) >= 11 is 0. The van der Waals surface area contributed by atoms with Crippen molar-refractivity contribution in [2.45, 2.75) is 77.6 Å². The van der Waals surface area contributed by atoms with Crippen LogP contribution in [0.1, 0.15) is 82.3 Å². The Morgan fingerprint density at radius 1 is 0.880 bits per heavy atom. The molecule has 134 valence electrons. The lowest BCUT2D eigenvalue weighted by Crippen LogP contribution is -2.13. The van der Waals surface area contributed by atoms with Gasteiger partial charge in [0.25, 0.3) is 0 Å². The van der Waals surface area contributed by atoms with Crippen LogP contribution in [0.25, 0.3) is 11.4 Å². The normalized spacial score (nSPS) is 20.6. The van der Waals surface area contributed by atoms with E-state index in [-0.39, 0.29) is 0 Å². The summed E-state index contributed by atoms with van der Waals surface area (Å²) in [6.45, 7) is 4.48. The van der Waals surface area contributed by atoms with Crippen molar-refractivity contribution in [3.8, 4) is 11.4 Å². The van der Waals surface area contributed by atoms with Crippen molar-refractivity contribution in [3.63, 3.8) is 0 Å². The summed E-state index contributed by atoms with van der Waals surface area (Å²) in [4.78, 5) is 9.07. The Morgan fingerprint density at radius 2 is 1.56 bits per heavy atom. The van der Waals surface area contributed by atoms with Crippen LogP contribution in [0.5, 0.6) is 0 Å². The highest BCUT2D eigenvalue weighted by Gasteiger charge is 2.21. The van der Waals surface area contributed by atoms with Crippen LogP contribution in [0, 0.1) is 5.92 Å². The van der Waals surface area contributed by atoms with Gasteiger partial charge >= 0.3 is 0 Å². The monoisotopic (exact) mass is 336 g/mol. The van der Waals surface area contributed by atoms with Crippen LogP contribution < -0.4 is 0 Å². The Hall–Kier alpha value is -1.70. The van der Waals surface area contributed by atoms with Gasteiger partial charge in [-0.3, -0.25) is 0 Å². The van der Waals surface area contributed by atoms with E-state index >= 15 is 0 Å². The Bertz CT molecular complexity index is 622. The summed E-state index contributed by atoms with van der Waals surface area (Å²) in [6.07, 6.45) is 15.8. The van der Waals surface area contributed by atoms with Crippen molar-refractivity contribution in [3.05, 3.63) is 47.8 Å². The van der Waals surface area contributed by atoms with Gasteiger partial charge in [-0.1, -0.05) is 63.8 Å². The second kappa shape index (κ2) is 9.12. The van der Waals surface area contributed by atoms with Crippen molar-refractivity contribution in [2.75, 3.05) is 0 Å². The van der Waals surface area contributed by atoms with Crippen LogP contribution in [0.15, 0.2) is 36.7 Å². The molecule has 3 rings (SSSR count). The van der Waals surface area contributed by atoms with Crippen molar-refractivity contribution in [1.29, 1.82) is 0 Å². The highest BCUT2D eigenvalue weighted by Crippen LogP contribution is 2.38. The Balaban J connectivity index is 1.59. The van der Waals surface area contributed by atoms with E-state index in [0.29, 0.717) is 0 Å². The topological polar surface area (TPSA) is 25.8 Å². The number of hydrogen-bond acceptors (Lipinski definition) is 2. The average molecular weight is 337 g/mol. The molecule has 0 spiro atoms. The Kier molecular flexibility index (Phi) is 6.61. The molecule has 1 aromatic carbocycles. The molecule has 1 aromatic heterocycles. The largest absolute Gasteiger partial charge is 0.236 e. The molecule has 2 heteroatoms. The first-order valence-electron chi connectivity index (χ1n) is 10.2. The molecule has 0 N–H and O–H groups in total. The average Bonchev–Trinajstić information content (AvgIpc) is 2.68. The molecule has 0 unspecified atom stereocenters. The number of aromatic nitrogens is 2. The zero-order chi connectivity index (χ0) is 17.5. The number of rotatable bonds is 7. The molecule has 25 heavy (non-hydrogen) atoms. The van der Waals surface area contributed by atoms with Gasteiger partial charge in [-0.2, -0.15) is 0 Å². The highest BCUT2D eigenvalue weighted by molar-refractivity contribution is 5.55. The fourth-order valence-corrected chi connectivity index (χ4v) is 4.10. The van der Waals surface area contributed by atoms with E-state index in [2.05, 4.69) is 48.1 Å². The van der Waals surface area contributed by atoms with Gasteiger partial charge in [0.2, 0.25) is 0 Å². The molecular weight excluding hydrogens is 304 g/mol. The Labute approximate surface area is 153 Å². The summed E-state index contributed by atoms with van der Waals surface area (Å²) < 4.78 is 0. The van der Waals surface area contributed by atoms with Crippen molar-refractivity contribution < 1.29 is 0 Å². The van der Waals surface area contributed by atoms with Gasteiger partial charge in [-0.15, -0.1) is 0 Å². The number of aryl methyl sites for hydroxylation is 1. The van der Waals surface area contributed by atoms with E-state index in [1.54, 1.807) is 0 Å². The quantitative estimate of drug-likeness (QED) is 0.572. The third-order valence-corrected chi connectivity index (χ3v) is 5.70. The van der Waals surface area contributed by atoms with Gasteiger partial charge in [0.05, 0.1) is 0 Å². The Morgan fingerprint density at radius 3 is 2.16 bits per heavy atom. The molecule has 1 fully saturated rings. The number of hydrogen-bond donors (Lipinski definition) is 0. The summed E-state index contributed by atoms with van der Waals surface area (Å²) in [5, 5.41) is 0. The molecular formula is C23H32N2. The van der Waals surface area contributed by atoms with Gasteiger partial charge < -0.3 is 0 Å². The van der Waals surface area contributed by atoms with Crippen LogP contribution in [0.2, 0.25) is 0 Å². The number of benzene rings is 1. The predicted octanol–water partition coefficient (Wildman–Crippen LogP) is 6.56. The van der Waals surface area contributed by atoms with Gasteiger partial charge in [0.1, 0.15) is 0 Å². The maximum Gasteiger partial charge on any atom is 0.159 e. The second-order valence-electron chi connectivity index (χ2n) is 7.65. The van der Waals surface area contributed by atoms with Crippen molar-refractivity contribution in [2.24, 2.45) is 5.92 Å². The zero-order valence-corrected chi connectivity index (χ0v) is 15.9. The van der Waals surface area contributed by atoms with E-state index in [1.165, 1.54) is 56.1 Å². The summed E-state index contributed by atoms with van der Waals surface area (Å²) in [7, 11) is 0. The van der Waals surface area contributed by atoms with Gasteiger partial charge in [0, 0.05) is 18.0 Å². The highest BCUT2D eigenvalue weighted by atomic mass is 14.9. The van der Waals surface area contributed by atoms with Crippen LogP contribution in [0.4, 0.5) is 0 Å². The van der Waals surface area contributed by atoms with Crippen molar-refractivity contribution in [1.82, 2.24) is 9.97 Å². The molecule has 2 nitrogen and oxygen atoms in total. The minimum absolute atomic E-state index is 0.750. The number of nitrogens with zero attached hydrogens (tertiary/aromatic N) is 2. The third-order valence-electron chi connectivity index (χ3n) is 5.70. The molecule has 0 amide bonds. The third kappa shape index (κ3) is 4.90. The maximum atomic E-state index is 4.54. The smallest absolute Gasteiger partial charge is 0.159 e. The second-order valence-corrected chi connectivity index (χ2v) is 7.65. The first-order valence-corrected chi connectivity index (χ1v) is 10.2. The van der Waals surface area contributed by atoms with Gasteiger partial charge in [0.15, 0.2) is 5.82 Å². The molecule has 0 bridgehead atoms. The lowest BCUT2D eigenvalue weighted by molar-refractivity contribution is 0.304. The SMILES string of the molecule is CCCCC1CCC(c2ccc(-c3ncc(CCC)cn3)cc2)CC1. The van der Waals surface area contributed by atoms with Crippen LogP contribution in [-0.4, -0.2) is 9.97 Å². The van der Waals surface area contributed by atoms with E-state index in [1.807, 2.05) is 12.4 Å². The van der Waals surface area contributed by atoms with Crippen molar-refractivity contribution >= 4 is 0 Å². The number of unbranched alkanes of at least 4 members (excludes halogenated alkanes) is 1. The van der Waals surface area contributed by atoms with E-state index in [9.17, 15) is 0 Å². The van der Waals surface area contributed by atoms with Gasteiger partial charge in [-0.05, 0) is 55.1 Å². The molecule has 1 aliphatic rings. The fourth-order valence-electron chi connectivity index (χ4n) is 4.10. The predicted molar refractivity (Wildman–Crippen MR) is 106 cm³/mol. The molecule has 0 atom stereocenters. The standard InChI is InChI=1S/C23H32N2/c1-3-5-7-18-8-10-20(11-9-18)21-12-14-22(15-13-21)23-24-16-19(6-4-2)17-25-23/h12-18,20H,3-11H2,1-2H3. The molecule has 1 heterocycles. The molecule has 0 aliphatic heterocycles. The van der Waals surface area contributed by atoms with E-state index in [4.69, 9.17) is 0 Å². The van der Waals surface area contributed by atoms with E-state index < -0.39 is 0 Å². The summed E-state index contributed by atoms with van der Waals surface area (Å²) in [5.74, 6) is 2.57. The van der Waals surface area contributed by atoms with Gasteiger partial charge in [-0.25, -0.2) is 9.97 Å². The lowest BCUT2D eigenvalue weighted by atomic mass is 9.77. The first kappa shape index (κ1) is 18.1. The van der Waals surface area contributed by atoms with Crippen LogP contribution in [-0.2, 0) is 6.42 Å². The molecule has 1 aliphatic carbocycles. The molecule has 1 saturated carbocycles. The molecule has 0 saturated heterocycles. The minimum atomic E-state index is 0.750. The molecule has 0 radical (unpaired) electrons. The maximum absolute atomic E-state index is 4.54. The summed E-state index contributed by atoms with van der Waals surface area (Å²) in [6, 6.07) is 9.01. The molecule has 2 aromatic rings. The van der Waals surface area contributed by atoms with Crippen LogP contribution in [0.3, 0.4) is 0 Å². The minimum Gasteiger partial charge on any atom is -0.236 e. The lowest BCUT2D eigenvalue weighted by Gasteiger charge is -2.28. The van der Waals surface area contributed by atoms with Crippen LogP contribution >= 0.6 is 0 Å². The summed E-state index contributed by atoms with van der Waals surface area (Å²) in [5.41, 5.74) is 3.85. The zero-order valence-electron chi connectivity index (χ0n) is 15.9.